The third kappa shape index (κ3) is 5.97. The van der Waals surface area contributed by atoms with Crippen LogP contribution in [0.4, 0.5) is 17.6 Å². The predicted octanol–water partition coefficient (Wildman–Crippen LogP) is 9.42. The van der Waals surface area contributed by atoms with Crippen molar-refractivity contribution in [3.8, 4) is 22.3 Å². The molecule has 33 heavy (non-hydrogen) atoms. The fourth-order valence-corrected chi connectivity index (χ4v) is 3.93. The van der Waals surface area contributed by atoms with Crippen molar-refractivity contribution in [2.45, 2.75) is 39.3 Å². The highest BCUT2D eigenvalue weighted by Gasteiger charge is 2.30. The van der Waals surface area contributed by atoms with Gasteiger partial charge < -0.3 is 5.11 Å². The Bertz CT molecular complexity index is 1150. The molecule has 3 rings (SSSR count). The summed E-state index contributed by atoms with van der Waals surface area (Å²) in [6, 6.07) is 14.9. The molecular weight excluding hydrogens is 452 g/mol. The maximum atomic E-state index is 14.2. The topological polar surface area (TPSA) is 20.2 Å². The van der Waals surface area contributed by atoms with Gasteiger partial charge in [-0.3, -0.25) is 0 Å². The quantitative estimate of drug-likeness (QED) is 0.277. The van der Waals surface area contributed by atoms with Crippen LogP contribution < -0.4 is 0 Å². The molecule has 0 aliphatic heterocycles. The van der Waals surface area contributed by atoms with Crippen molar-refractivity contribution in [1.29, 1.82) is 0 Å². The van der Waals surface area contributed by atoms with Crippen molar-refractivity contribution in [3.63, 3.8) is 0 Å². The summed E-state index contributed by atoms with van der Waals surface area (Å²) in [5.41, 5.74) is 2.58. The van der Waals surface area contributed by atoms with Gasteiger partial charge in [-0.25, -0.2) is 4.39 Å². The lowest BCUT2D eigenvalue weighted by molar-refractivity contribution is -0.137. The summed E-state index contributed by atoms with van der Waals surface area (Å²) >= 11 is 5.84. The summed E-state index contributed by atoms with van der Waals surface area (Å²) in [5, 5.41) is 10.6. The summed E-state index contributed by atoms with van der Waals surface area (Å²) in [4.78, 5) is 0. The van der Waals surface area contributed by atoms with Crippen LogP contribution in [0.15, 0.2) is 72.5 Å². The molecule has 0 saturated heterocycles. The Morgan fingerprint density at radius 2 is 1.48 bits per heavy atom. The Morgan fingerprint density at radius 3 is 2.00 bits per heavy atom. The molecule has 0 radical (unpaired) electrons. The second-order valence-corrected chi connectivity index (χ2v) is 8.85. The number of aliphatic hydroxyl groups excluding tert-OH is 1. The van der Waals surface area contributed by atoms with Crippen LogP contribution >= 0.6 is 11.6 Å². The molecule has 0 spiro atoms. The number of rotatable bonds is 6. The fourth-order valence-electron chi connectivity index (χ4n) is 3.81. The summed E-state index contributed by atoms with van der Waals surface area (Å²) in [6.45, 7) is 5.84. The first kappa shape index (κ1) is 24.8. The summed E-state index contributed by atoms with van der Waals surface area (Å²) in [5.74, 6) is -0.379. The van der Waals surface area contributed by atoms with Crippen molar-refractivity contribution in [2.75, 3.05) is 0 Å². The van der Waals surface area contributed by atoms with Crippen LogP contribution in [-0.2, 0) is 6.18 Å². The third-order valence-corrected chi connectivity index (χ3v) is 5.82. The molecule has 0 aromatic heterocycles. The first-order valence-electron chi connectivity index (χ1n) is 10.6. The Labute approximate surface area is 196 Å². The molecule has 6 heteroatoms. The number of alkyl halides is 3. The van der Waals surface area contributed by atoms with Crippen molar-refractivity contribution < 1.29 is 22.7 Å². The van der Waals surface area contributed by atoms with E-state index in [9.17, 15) is 22.7 Å². The fraction of sp³-hybridized carbons (Fsp3) is 0.259. The molecule has 1 atom stereocenters. The van der Waals surface area contributed by atoms with Gasteiger partial charge in [0.15, 0.2) is 0 Å². The predicted molar refractivity (Wildman–Crippen MR) is 126 cm³/mol. The highest BCUT2D eigenvalue weighted by atomic mass is 35.5. The smallest absolute Gasteiger partial charge is 0.416 e. The Balaban J connectivity index is 2.20. The minimum atomic E-state index is -4.42. The second kappa shape index (κ2) is 10.0. The average molecular weight is 477 g/mol. The van der Waals surface area contributed by atoms with E-state index < -0.39 is 17.6 Å². The monoisotopic (exact) mass is 476 g/mol. The zero-order valence-electron chi connectivity index (χ0n) is 18.5. The Morgan fingerprint density at radius 1 is 0.909 bits per heavy atom. The highest BCUT2D eigenvalue weighted by molar-refractivity contribution is 6.30. The summed E-state index contributed by atoms with van der Waals surface area (Å²) in [7, 11) is 0. The third-order valence-electron chi connectivity index (χ3n) is 5.52. The molecule has 3 aromatic rings. The van der Waals surface area contributed by atoms with E-state index in [0.717, 1.165) is 17.7 Å². The van der Waals surface area contributed by atoms with E-state index in [4.69, 9.17) is 11.6 Å². The molecule has 1 nitrogen and oxygen atoms in total. The molecule has 3 aromatic carbocycles. The maximum Gasteiger partial charge on any atom is 0.416 e. The molecule has 0 saturated carbocycles. The van der Waals surface area contributed by atoms with Crippen LogP contribution in [0.25, 0.3) is 22.3 Å². The van der Waals surface area contributed by atoms with Gasteiger partial charge in [0.05, 0.1) is 16.3 Å². The zero-order valence-corrected chi connectivity index (χ0v) is 19.3. The van der Waals surface area contributed by atoms with Gasteiger partial charge in [-0.2, -0.15) is 13.2 Å². The van der Waals surface area contributed by atoms with E-state index in [-0.39, 0.29) is 22.6 Å². The standard InChI is InChI=1S/C27H25ClF4O/c1-4-26(33)23(11-16(2)3)21-13-19(17-5-8-22(9-6-17)27(30,31)32)12-20(14-21)18-7-10-24(28)25(29)15-18/h4-10,12-16,23,33H,11H2,1-3H3/b26-4+. The Kier molecular flexibility index (Phi) is 7.53. The maximum absolute atomic E-state index is 14.2. The van der Waals surface area contributed by atoms with E-state index in [2.05, 4.69) is 0 Å². The lowest BCUT2D eigenvalue weighted by Crippen LogP contribution is -2.07. The van der Waals surface area contributed by atoms with Gasteiger partial charge in [0.25, 0.3) is 0 Å². The molecule has 0 heterocycles. The van der Waals surface area contributed by atoms with E-state index in [1.165, 1.54) is 24.3 Å². The molecule has 0 aliphatic carbocycles. The molecular formula is C27H25ClF4O. The van der Waals surface area contributed by atoms with Crippen molar-refractivity contribution in [3.05, 3.63) is 94.5 Å². The van der Waals surface area contributed by atoms with Crippen LogP contribution in [0.5, 0.6) is 0 Å². The molecule has 0 fully saturated rings. The lowest BCUT2D eigenvalue weighted by Gasteiger charge is -2.21. The van der Waals surface area contributed by atoms with E-state index in [0.29, 0.717) is 28.7 Å². The molecule has 174 valence electrons. The average Bonchev–Trinajstić information content (AvgIpc) is 2.78. The van der Waals surface area contributed by atoms with Crippen LogP contribution in [0.1, 0.15) is 44.2 Å². The normalized spacial score (nSPS) is 13.4. The van der Waals surface area contributed by atoms with Crippen LogP contribution in [-0.4, -0.2) is 5.11 Å². The molecule has 1 unspecified atom stereocenters. The van der Waals surface area contributed by atoms with Gasteiger partial charge in [0, 0.05) is 5.92 Å². The number of allylic oxidation sites excluding steroid dienone is 2. The minimum Gasteiger partial charge on any atom is -0.512 e. The zero-order chi connectivity index (χ0) is 24.3. The first-order valence-corrected chi connectivity index (χ1v) is 11.0. The number of benzene rings is 3. The Hall–Kier alpha value is -2.79. The number of hydrogen-bond donors (Lipinski definition) is 1. The van der Waals surface area contributed by atoms with Crippen molar-refractivity contribution in [1.82, 2.24) is 0 Å². The molecule has 0 amide bonds. The van der Waals surface area contributed by atoms with Crippen LogP contribution in [0.3, 0.4) is 0 Å². The van der Waals surface area contributed by atoms with Crippen molar-refractivity contribution in [2.24, 2.45) is 5.92 Å². The van der Waals surface area contributed by atoms with Gasteiger partial charge in [0.2, 0.25) is 0 Å². The van der Waals surface area contributed by atoms with Crippen molar-refractivity contribution >= 4 is 11.6 Å². The highest BCUT2D eigenvalue weighted by Crippen LogP contribution is 2.38. The number of hydrogen-bond acceptors (Lipinski definition) is 1. The second-order valence-electron chi connectivity index (χ2n) is 8.44. The van der Waals surface area contributed by atoms with Crippen LogP contribution in [0, 0.1) is 11.7 Å². The number of halogens is 5. The lowest BCUT2D eigenvalue weighted by atomic mass is 9.85. The van der Waals surface area contributed by atoms with Gasteiger partial charge in [-0.1, -0.05) is 55.8 Å². The largest absolute Gasteiger partial charge is 0.512 e. The van der Waals surface area contributed by atoms with Gasteiger partial charge >= 0.3 is 6.18 Å². The molecule has 1 N–H and O–H groups in total. The first-order chi connectivity index (χ1) is 15.5. The van der Waals surface area contributed by atoms with Gasteiger partial charge in [-0.05, 0) is 83.5 Å². The van der Waals surface area contributed by atoms with E-state index >= 15 is 0 Å². The molecule has 0 aliphatic rings. The molecule has 0 bridgehead atoms. The summed E-state index contributed by atoms with van der Waals surface area (Å²) in [6.07, 6.45) is -2.12. The van der Waals surface area contributed by atoms with Gasteiger partial charge in [-0.15, -0.1) is 0 Å². The minimum absolute atomic E-state index is 0.00196. The van der Waals surface area contributed by atoms with E-state index in [1.54, 1.807) is 25.1 Å². The summed E-state index contributed by atoms with van der Waals surface area (Å²) < 4.78 is 53.2. The SMILES string of the molecule is C/C=C(/O)C(CC(C)C)c1cc(-c2ccc(C(F)(F)F)cc2)cc(-c2ccc(Cl)c(F)c2)c1. The number of aliphatic hydroxyl groups is 1. The van der Waals surface area contributed by atoms with Gasteiger partial charge in [0.1, 0.15) is 5.82 Å². The van der Waals surface area contributed by atoms with E-state index in [1.807, 2.05) is 26.0 Å². The van der Waals surface area contributed by atoms with Crippen LogP contribution in [0.2, 0.25) is 5.02 Å².